The average molecular weight is 797 g/mol. The molecule has 0 saturated carbocycles. The molecule has 1 fully saturated rings. The smallest absolute Gasteiger partial charge is 0.430 e. The Morgan fingerprint density at radius 2 is 1.33 bits per heavy atom. The number of likely N-dealkylation sites (tertiary alicyclic amines) is 1. The second-order valence-electron chi connectivity index (χ2n) is 12.7. The van der Waals surface area contributed by atoms with Crippen LogP contribution in [0.25, 0.3) is 0 Å². The lowest BCUT2D eigenvalue weighted by Crippen LogP contribution is -2.60. The third-order valence-corrected chi connectivity index (χ3v) is 8.97. The normalized spacial score (nSPS) is 14.8. The lowest BCUT2D eigenvalue weighted by Gasteiger charge is -2.45. The maximum Gasteiger partial charge on any atom is 0.430 e. The molecule has 3 aromatic rings. The van der Waals surface area contributed by atoms with E-state index in [0.29, 0.717) is 11.5 Å². The molecule has 1 aliphatic heterocycles. The number of alkyl halides is 3. The number of nitrogens with zero attached hydrogens (tertiary/aromatic N) is 3. The molecule has 0 spiro atoms. The number of aromatic nitrogens is 2. The number of amides is 1. The molecule has 1 saturated heterocycles. The van der Waals surface area contributed by atoms with Gasteiger partial charge in [0.05, 0.1) is 46.4 Å². The van der Waals surface area contributed by atoms with Gasteiger partial charge < -0.3 is 50.1 Å². The summed E-state index contributed by atoms with van der Waals surface area (Å²) in [6.07, 6.45) is 0.228. The maximum atomic E-state index is 13.2. The highest BCUT2D eigenvalue weighted by Crippen LogP contribution is 2.25. The average Bonchev–Trinajstić information content (AvgIpc) is 3.15. The number of quaternary nitrogens is 1. The second kappa shape index (κ2) is 20.9. The predicted octanol–water partition coefficient (Wildman–Crippen LogP) is 2.67. The number of carbonyl (C=O) groups excluding carboxylic acids is 4. The van der Waals surface area contributed by atoms with Crippen molar-refractivity contribution < 1.29 is 60.9 Å². The molecule has 55 heavy (non-hydrogen) atoms. The van der Waals surface area contributed by atoms with Gasteiger partial charge in [0.1, 0.15) is 17.5 Å². The van der Waals surface area contributed by atoms with Crippen LogP contribution in [0.3, 0.4) is 0 Å². The van der Waals surface area contributed by atoms with E-state index in [1.54, 1.807) is 0 Å². The number of benzene rings is 2. The topological polar surface area (TPSA) is 218 Å². The summed E-state index contributed by atoms with van der Waals surface area (Å²) < 4.78 is 52.6. The molecule has 0 radical (unpaired) electrons. The summed E-state index contributed by atoms with van der Waals surface area (Å²) in [5.41, 5.74) is 14.0. The first-order chi connectivity index (χ1) is 26.0. The van der Waals surface area contributed by atoms with Gasteiger partial charge in [0.2, 0.25) is 0 Å². The van der Waals surface area contributed by atoms with Crippen LogP contribution in [0.15, 0.2) is 48.5 Å². The number of anilines is 2. The zero-order valence-corrected chi connectivity index (χ0v) is 31.1. The van der Waals surface area contributed by atoms with Gasteiger partial charge >= 0.3 is 18.1 Å². The van der Waals surface area contributed by atoms with Crippen molar-refractivity contribution in [3.8, 4) is 11.5 Å². The molecule has 4 rings (SSSR count). The number of aliphatic carboxylic acids is 1. The molecule has 0 aliphatic carbocycles. The number of aryl methyl sites for hydroxylation is 2. The van der Waals surface area contributed by atoms with Crippen LogP contribution in [0.5, 0.6) is 11.5 Å². The number of esters is 2. The number of methoxy groups -OCH3 is 2. The Labute approximate surface area is 320 Å². The summed E-state index contributed by atoms with van der Waals surface area (Å²) in [4.78, 5) is 52.8. The molecule has 300 valence electrons. The molecule has 19 heteroatoms. The van der Waals surface area contributed by atoms with Crippen molar-refractivity contribution in [1.82, 2.24) is 15.3 Å². The van der Waals surface area contributed by atoms with E-state index in [0.717, 1.165) is 69.2 Å². The number of piperidine rings is 1. The summed E-state index contributed by atoms with van der Waals surface area (Å²) >= 11 is 6.03. The van der Waals surface area contributed by atoms with Crippen molar-refractivity contribution >= 4 is 47.1 Å². The quantitative estimate of drug-likeness (QED) is 0.141. The molecule has 1 unspecified atom stereocenters. The van der Waals surface area contributed by atoms with Crippen molar-refractivity contribution in [2.24, 2.45) is 0 Å². The fraction of sp³-hybridized carbons (Fsp3) is 0.444. The molecule has 15 nitrogen and oxygen atoms in total. The molecule has 0 bridgehead atoms. The van der Waals surface area contributed by atoms with Gasteiger partial charge in [-0.3, -0.25) is 4.79 Å². The first-order valence-electron chi connectivity index (χ1n) is 17.1. The van der Waals surface area contributed by atoms with Crippen LogP contribution in [-0.4, -0.2) is 104 Å². The highest BCUT2D eigenvalue weighted by atomic mass is 35.5. The SMILES string of the molecule is COC(=O)COc1ccc(CCC[N+]2(CCCc3ccc(OCC(=O)OC)cc3)CCCC(NC(=O)c3nc(Cl)c(N)nc3N)C2)cc1.O=C([O-])C(F)(F)F. The number of rotatable bonds is 16. The van der Waals surface area contributed by atoms with Crippen LogP contribution in [0.2, 0.25) is 5.15 Å². The van der Waals surface area contributed by atoms with E-state index in [9.17, 15) is 27.6 Å². The van der Waals surface area contributed by atoms with Gasteiger partial charge in [0.25, 0.3) is 5.91 Å². The lowest BCUT2D eigenvalue weighted by molar-refractivity contribution is -0.933. The molecule has 1 aromatic heterocycles. The van der Waals surface area contributed by atoms with Gasteiger partial charge in [-0.25, -0.2) is 19.6 Å². The van der Waals surface area contributed by atoms with E-state index in [1.165, 1.54) is 25.3 Å². The highest BCUT2D eigenvalue weighted by Gasteiger charge is 2.36. The Bertz CT molecular complexity index is 1680. The molecular weight excluding hydrogens is 753 g/mol. The first kappa shape index (κ1) is 44.0. The van der Waals surface area contributed by atoms with E-state index < -0.39 is 30.0 Å². The molecule has 2 aromatic carbocycles. The number of ether oxygens (including phenoxy) is 4. The Hall–Kier alpha value is -5.36. The lowest BCUT2D eigenvalue weighted by atomic mass is 9.99. The minimum absolute atomic E-state index is 0.0224. The molecule has 5 N–H and O–H groups in total. The largest absolute Gasteiger partial charge is 0.542 e. The molecule has 2 heterocycles. The van der Waals surface area contributed by atoms with Crippen molar-refractivity contribution in [2.75, 3.05) is 65.1 Å². The van der Waals surface area contributed by atoms with Gasteiger partial charge in [-0.1, -0.05) is 35.9 Å². The van der Waals surface area contributed by atoms with E-state index in [2.05, 4.69) is 24.8 Å². The van der Waals surface area contributed by atoms with E-state index >= 15 is 0 Å². The summed E-state index contributed by atoms with van der Waals surface area (Å²) in [5.74, 6) is -3.15. The maximum absolute atomic E-state index is 13.2. The fourth-order valence-corrected chi connectivity index (χ4v) is 6.09. The number of carboxylic acid groups (broad SMARTS) is 1. The van der Waals surface area contributed by atoms with E-state index in [4.69, 9.17) is 42.4 Å². The third-order valence-electron chi connectivity index (χ3n) is 8.69. The third kappa shape index (κ3) is 14.8. The Kier molecular flexibility index (Phi) is 16.8. The zero-order chi connectivity index (χ0) is 40.6. The molecule has 1 aliphatic rings. The van der Waals surface area contributed by atoms with Gasteiger partial charge in [0.15, 0.2) is 35.7 Å². The molecule has 1 amide bonds. The number of hydrogen-bond acceptors (Lipinski definition) is 13. The minimum atomic E-state index is -5.19. The number of carboxylic acids is 1. The van der Waals surface area contributed by atoms with Crippen molar-refractivity contribution in [3.63, 3.8) is 0 Å². The van der Waals surface area contributed by atoms with Gasteiger partial charge in [0, 0.05) is 12.8 Å². The summed E-state index contributed by atoms with van der Waals surface area (Å²) in [6.45, 7) is 3.37. The van der Waals surface area contributed by atoms with Crippen LogP contribution < -0.4 is 31.4 Å². The van der Waals surface area contributed by atoms with Crippen molar-refractivity contribution in [3.05, 3.63) is 70.5 Å². The summed E-state index contributed by atoms with van der Waals surface area (Å²) in [6, 6.07) is 15.4. The Morgan fingerprint density at radius 3 is 1.76 bits per heavy atom. The van der Waals surface area contributed by atoms with Crippen LogP contribution in [0.1, 0.15) is 47.3 Å². The van der Waals surface area contributed by atoms with Crippen LogP contribution in [-0.2, 0) is 36.7 Å². The number of carbonyl (C=O) groups is 4. The van der Waals surface area contributed by atoms with Crippen LogP contribution >= 0.6 is 11.6 Å². The van der Waals surface area contributed by atoms with Crippen molar-refractivity contribution in [2.45, 2.75) is 50.7 Å². The van der Waals surface area contributed by atoms with E-state index in [1.807, 2.05) is 48.5 Å². The number of halogens is 4. The van der Waals surface area contributed by atoms with Crippen LogP contribution in [0.4, 0.5) is 24.8 Å². The Balaban J connectivity index is 0.00000106. The second-order valence-corrected chi connectivity index (χ2v) is 13.0. The summed E-state index contributed by atoms with van der Waals surface area (Å²) in [5, 5.41) is 11.8. The minimum Gasteiger partial charge on any atom is -0.542 e. The number of nitrogens with one attached hydrogen (secondary N) is 1. The Morgan fingerprint density at radius 1 is 0.855 bits per heavy atom. The number of nitrogen functional groups attached to an aromatic ring is 2. The van der Waals surface area contributed by atoms with Crippen molar-refractivity contribution in [1.29, 1.82) is 0 Å². The zero-order valence-electron chi connectivity index (χ0n) is 30.4. The monoisotopic (exact) mass is 796 g/mol. The first-order valence-corrected chi connectivity index (χ1v) is 17.5. The van der Waals surface area contributed by atoms with Gasteiger partial charge in [-0.15, -0.1) is 0 Å². The summed E-state index contributed by atoms with van der Waals surface area (Å²) in [7, 11) is 2.65. The number of nitrogens with two attached hydrogens (primary N) is 2. The highest BCUT2D eigenvalue weighted by molar-refractivity contribution is 6.31. The molecular formula is C36H44ClF3N6O9. The number of hydrogen-bond donors (Lipinski definition) is 3. The fourth-order valence-electron chi connectivity index (χ4n) is 5.97. The van der Waals surface area contributed by atoms with Gasteiger partial charge in [-0.05, 0) is 61.1 Å². The standard InChI is InChI=1S/C34H43ClN6O7.C2HF3O2/c1-45-28(42)21-47-26-13-9-23(10-14-26)6-3-17-41(18-4-7-24-11-15-27(16-12-24)48-22-29(43)46-2)19-5-8-25(20-41)38-34(44)30-32(36)40-33(37)31(35)39-30;3-2(4,5)1(6)7/h9-16,25H,3-8,17-22H2,1-2H3,(H4-,36,37,38,40,44);(H,6,7). The van der Waals surface area contributed by atoms with Gasteiger partial charge in [-0.2, -0.15) is 13.2 Å². The molecule has 1 atom stereocenters. The van der Waals surface area contributed by atoms with Crippen LogP contribution in [0, 0.1) is 0 Å². The predicted molar refractivity (Wildman–Crippen MR) is 192 cm³/mol. The van der Waals surface area contributed by atoms with E-state index in [-0.39, 0.29) is 41.7 Å².